The van der Waals surface area contributed by atoms with Crippen molar-refractivity contribution in [1.82, 2.24) is 5.32 Å². The van der Waals surface area contributed by atoms with Crippen LogP contribution in [0.4, 0.5) is 4.79 Å². The van der Waals surface area contributed by atoms with Crippen LogP contribution in [0.3, 0.4) is 0 Å². The molecule has 0 spiro atoms. The van der Waals surface area contributed by atoms with Gasteiger partial charge in [0.05, 0.1) is 7.11 Å². The molecule has 0 aliphatic heterocycles. The normalized spacial score (nSPS) is 12.3. The quantitative estimate of drug-likeness (QED) is 0.325. The summed E-state index contributed by atoms with van der Waals surface area (Å²) in [7, 11) is 1.68. The maximum absolute atomic E-state index is 12.3. The second kappa shape index (κ2) is 10.3. The van der Waals surface area contributed by atoms with Gasteiger partial charge in [-0.05, 0) is 39.4 Å². The van der Waals surface area contributed by atoms with Crippen LogP contribution < -0.4 is 10.1 Å². The maximum atomic E-state index is 12.3. The SMILES string of the molecule is COc1ccccc1-c1ccc(C=CCNC(=O)OCC2c3ccccc3-c3ccccc32)cc1. The average Bonchev–Trinajstić information content (AvgIpc) is 3.24. The van der Waals surface area contributed by atoms with Gasteiger partial charge in [-0.3, -0.25) is 0 Å². The molecule has 0 aromatic heterocycles. The molecule has 4 aromatic carbocycles. The van der Waals surface area contributed by atoms with E-state index in [9.17, 15) is 4.79 Å². The Hall–Kier alpha value is -4.31. The van der Waals surface area contributed by atoms with E-state index in [0.29, 0.717) is 13.2 Å². The number of carbonyl (C=O) groups is 1. The summed E-state index contributed by atoms with van der Waals surface area (Å²) in [6, 6.07) is 32.8. The molecule has 1 aliphatic carbocycles. The lowest BCUT2D eigenvalue weighted by Crippen LogP contribution is -2.26. The van der Waals surface area contributed by atoms with Crippen molar-refractivity contribution in [3.63, 3.8) is 0 Å². The van der Waals surface area contributed by atoms with Crippen LogP contribution in [0.15, 0.2) is 103 Å². The van der Waals surface area contributed by atoms with E-state index < -0.39 is 6.09 Å². The zero-order valence-electron chi connectivity index (χ0n) is 19.6. The number of fused-ring (bicyclic) bond motifs is 3. The second-order valence-corrected chi connectivity index (χ2v) is 8.43. The highest BCUT2D eigenvalue weighted by molar-refractivity contribution is 5.79. The third-order valence-corrected chi connectivity index (χ3v) is 6.35. The smallest absolute Gasteiger partial charge is 0.407 e. The van der Waals surface area contributed by atoms with E-state index >= 15 is 0 Å². The fraction of sp³-hybridized carbons (Fsp3) is 0.129. The summed E-state index contributed by atoms with van der Waals surface area (Å²) < 4.78 is 11.0. The Morgan fingerprint density at radius 2 is 1.40 bits per heavy atom. The standard InChI is InChI=1S/C31H27NO3/c1-34-30-15-7-6-10-24(30)23-18-16-22(17-19-23)9-8-20-32-31(33)35-21-29-27-13-4-2-11-25(27)26-12-3-5-14-28(26)29/h2-19,29H,20-21H2,1H3,(H,32,33). The van der Waals surface area contributed by atoms with E-state index in [4.69, 9.17) is 9.47 Å². The van der Waals surface area contributed by atoms with Gasteiger partial charge in [-0.2, -0.15) is 0 Å². The van der Waals surface area contributed by atoms with Crippen LogP contribution in [-0.4, -0.2) is 26.4 Å². The first-order valence-corrected chi connectivity index (χ1v) is 11.7. The lowest BCUT2D eigenvalue weighted by Gasteiger charge is -2.14. The Bertz CT molecular complexity index is 1310. The van der Waals surface area contributed by atoms with Gasteiger partial charge in [-0.1, -0.05) is 103 Å². The Labute approximate surface area is 205 Å². The van der Waals surface area contributed by atoms with Crippen LogP contribution in [0, 0.1) is 0 Å². The van der Waals surface area contributed by atoms with Crippen molar-refractivity contribution in [3.8, 4) is 28.0 Å². The highest BCUT2D eigenvalue weighted by Gasteiger charge is 2.28. The molecule has 4 heteroatoms. The minimum atomic E-state index is -0.414. The number of amides is 1. The molecule has 5 rings (SSSR count). The van der Waals surface area contributed by atoms with Gasteiger partial charge in [0.15, 0.2) is 0 Å². The van der Waals surface area contributed by atoms with Gasteiger partial charge in [0, 0.05) is 18.0 Å². The number of carbonyl (C=O) groups excluding carboxylic acids is 1. The van der Waals surface area contributed by atoms with Gasteiger partial charge in [0.25, 0.3) is 0 Å². The predicted molar refractivity (Wildman–Crippen MR) is 141 cm³/mol. The van der Waals surface area contributed by atoms with E-state index in [1.165, 1.54) is 22.3 Å². The van der Waals surface area contributed by atoms with Crippen molar-refractivity contribution >= 4 is 12.2 Å². The Morgan fingerprint density at radius 3 is 2.06 bits per heavy atom. The van der Waals surface area contributed by atoms with Crippen LogP contribution in [0.1, 0.15) is 22.6 Å². The molecule has 0 saturated carbocycles. The average molecular weight is 462 g/mol. The molecule has 1 aliphatic rings. The largest absolute Gasteiger partial charge is 0.496 e. The van der Waals surface area contributed by atoms with Gasteiger partial charge >= 0.3 is 6.09 Å². The van der Waals surface area contributed by atoms with Crippen molar-refractivity contribution < 1.29 is 14.3 Å². The monoisotopic (exact) mass is 461 g/mol. The second-order valence-electron chi connectivity index (χ2n) is 8.43. The predicted octanol–water partition coefficient (Wildman–Crippen LogP) is 6.91. The summed E-state index contributed by atoms with van der Waals surface area (Å²) in [4.78, 5) is 12.3. The fourth-order valence-corrected chi connectivity index (χ4v) is 4.64. The minimum Gasteiger partial charge on any atom is -0.496 e. The number of para-hydroxylation sites is 1. The third-order valence-electron chi connectivity index (χ3n) is 6.35. The van der Waals surface area contributed by atoms with E-state index in [1.807, 2.05) is 72.8 Å². The van der Waals surface area contributed by atoms with E-state index in [1.54, 1.807) is 7.11 Å². The summed E-state index contributed by atoms with van der Waals surface area (Å²) in [6.07, 6.45) is 3.48. The molecule has 0 heterocycles. The maximum Gasteiger partial charge on any atom is 0.407 e. The van der Waals surface area contributed by atoms with Gasteiger partial charge in [0.1, 0.15) is 12.4 Å². The molecular formula is C31H27NO3. The first-order valence-electron chi connectivity index (χ1n) is 11.7. The Balaban J connectivity index is 1.14. The van der Waals surface area contributed by atoms with Crippen molar-refractivity contribution in [2.45, 2.75) is 5.92 Å². The molecule has 4 aromatic rings. The summed E-state index contributed by atoms with van der Waals surface area (Å²) in [5.41, 5.74) is 8.06. The fourth-order valence-electron chi connectivity index (χ4n) is 4.64. The Morgan fingerprint density at radius 1 is 0.800 bits per heavy atom. The molecule has 1 amide bonds. The molecule has 0 fully saturated rings. The molecule has 0 unspecified atom stereocenters. The summed E-state index contributed by atoms with van der Waals surface area (Å²) >= 11 is 0. The summed E-state index contributed by atoms with van der Waals surface area (Å²) in [5, 5.41) is 2.81. The van der Waals surface area contributed by atoms with E-state index in [2.05, 4.69) is 41.7 Å². The number of ether oxygens (including phenoxy) is 2. The number of methoxy groups -OCH3 is 1. The number of benzene rings is 4. The molecule has 0 saturated heterocycles. The number of hydrogen-bond donors (Lipinski definition) is 1. The zero-order valence-corrected chi connectivity index (χ0v) is 19.6. The van der Waals surface area contributed by atoms with Crippen molar-refractivity contribution in [3.05, 3.63) is 120 Å². The van der Waals surface area contributed by atoms with Crippen LogP contribution >= 0.6 is 0 Å². The van der Waals surface area contributed by atoms with Crippen molar-refractivity contribution in [1.29, 1.82) is 0 Å². The number of rotatable bonds is 7. The lowest BCUT2D eigenvalue weighted by atomic mass is 9.98. The summed E-state index contributed by atoms with van der Waals surface area (Å²) in [6.45, 7) is 0.707. The third kappa shape index (κ3) is 4.82. The molecule has 4 nitrogen and oxygen atoms in total. The first-order chi connectivity index (χ1) is 17.2. The van der Waals surface area contributed by atoms with Crippen LogP contribution in [0.5, 0.6) is 5.75 Å². The molecule has 1 N–H and O–H groups in total. The Kier molecular flexibility index (Phi) is 6.62. The van der Waals surface area contributed by atoms with Crippen molar-refractivity contribution in [2.75, 3.05) is 20.3 Å². The molecule has 174 valence electrons. The molecular weight excluding hydrogens is 434 g/mol. The zero-order chi connectivity index (χ0) is 24.0. The summed E-state index contributed by atoms with van der Waals surface area (Å²) in [5.74, 6) is 0.911. The lowest BCUT2D eigenvalue weighted by molar-refractivity contribution is 0.144. The van der Waals surface area contributed by atoms with Crippen LogP contribution in [0.25, 0.3) is 28.3 Å². The van der Waals surface area contributed by atoms with Crippen LogP contribution in [-0.2, 0) is 4.74 Å². The van der Waals surface area contributed by atoms with E-state index in [-0.39, 0.29) is 5.92 Å². The van der Waals surface area contributed by atoms with Crippen LogP contribution in [0.2, 0.25) is 0 Å². The first kappa shape index (κ1) is 22.5. The molecule has 0 atom stereocenters. The topological polar surface area (TPSA) is 47.6 Å². The molecule has 35 heavy (non-hydrogen) atoms. The van der Waals surface area contributed by atoms with Gasteiger partial charge in [-0.25, -0.2) is 4.79 Å². The number of hydrogen-bond acceptors (Lipinski definition) is 3. The highest BCUT2D eigenvalue weighted by atomic mass is 16.5. The van der Waals surface area contributed by atoms with Gasteiger partial charge in [-0.15, -0.1) is 0 Å². The highest BCUT2D eigenvalue weighted by Crippen LogP contribution is 2.44. The van der Waals surface area contributed by atoms with Crippen molar-refractivity contribution in [2.24, 2.45) is 0 Å². The van der Waals surface area contributed by atoms with E-state index in [0.717, 1.165) is 22.4 Å². The van der Waals surface area contributed by atoms with Gasteiger partial charge in [0.2, 0.25) is 0 Å². The number of alkyl carbamates (subject to hydrolysis) is 1. The molecule has 0 bridgehead atoms. The number of nitrogens with one attached hydrogen (secondary N) is 1. The van der Waals surface area contributed by atoms with Gasteiger partial charge < -0.3 is 14.8 Å². The molecule has 0 radical (unpaired) electrons. The minimum absolute atomic E-state index is 0.0606.